The van der Waals surface area contributed by atoms with E-state index in [9.17, 15) is 60.3 Å². The number of aromatic hydroxyl groups is 3. The van der Waals surface area contributed by atoms with E-state index in [4.69, 9.17) is 35.3 Å². The number of hydrogen-bond donors (Lipinski definition) is 19. The maximum Gasteiger partial charge on any atom is 0.325 e. The normalized spacial score (nSPS) is 29.7. The second-order valence-corrected chi connectivity index (χ2v) is 30.7. The Balaban J connectivity index is 0.992. The van der Waals surface area contributed by atoms with Crippen molar-refractivity contribution in [3.63, 3.8) is 0 Å². The molecule has 5 fully saturated rings. The van der Waals surface area contributed by atoms with Crippen LogP contribution in [0, 0.1) is 42.4 Å². The molecule has 0 spiro atoms. The molecule has 5 aromatic carbocycles. The first-order chi connectivity index (χ1) is 53.4. The molecule has 15 bridgehead atoms. The van der Waals surface area contributed by atoms with Crippen LogP contribution in [0.1, 0.15) is 117 Å². The van der Waals surface area contributed by atoms with Crippen molar-refractivity contribution in [2.24, 2.45) is 35.5 Å². The van der Waals surface area contributed by atoms with Crippen LogP contribution in [-0.4, -0.2) is 187 Å². The lowest BCUT2D eigenvalue weighted by Crippen LogP contribution is -2.60. The number of hydrogen-bond acceptors (Lipinski definition) is 24. The van der Waals surface area contributed by atoms with Gasteiger partial charge in [0, 0.05) is 34.8 Å². The van der Waals surface area contributed by atoms with Crippen LogP contribution in [0.15, 0.2) is 108 Å². The minimum Gasteiger partial charge on any atom is -0.508 e. The van der Waals surface area contributed by atoms with Crippen LogP contribution >= 0.6 is 11.6 Å². The zero-order valence-corrected chi connectivity index (χ0v) is 62.1. The van der Waals surface area contributed by atoms with Gasteiger partial charge in [-0.15, -0.1) is 0 Å². The Morgan fingerprint density at radius 2 is 1.35 bits per heavy atom. The maximum absolute atomic E-state index is 16.4. The number of ether oxygens (including phenoxy) is 5. The third-order valence-corrected chi connectivity index (χ3v) is 22.4. The predicted molar refractivity (Wildman–Crippen MR) is 395 cm³/mol. The number of likely N-dealkylation sites (N-methyl/N-ethyl adjacent to an activating group) is 1. The fourth-order valence-electron chi connectivity index (χ4n) is 16.6. The van der Waals surface area contributed by atoms with Crippen molar-refractivity contribution in [3.05, 3.63) is 136 Å². The third kappa shape index (κ3) is 16.6. The average molecular weight is 1570 g/mol. The van der Waals surface area contributed by atoms with Crippen molar-refractivity contribution in [3.8, 4) is 57.1 Å². The summed E-state index contributed by atoms with van der Waals surface area (Å²) in [7, 11) is 2.91. The summed E-state index contributed by atoms with van der Waals surface area (Å²) in [6.45, 7) is 4.23. The molecule has 11 aliphatic rings. The number of aliphatic hydroxyl groups is 6. The van der Waals surface area contributed by atoms with Gasteiger partial charge in [-0.2, -0.15) is 0 Å². The number of anilines is 1. The Labute approximate surface area is 646 Å². The number of imide groups is 1. The fourth-order valence-corrected chi connectivity index (χ4v) is 16.9. The molecule has 19 N–H and O–H groups in total. The largest absolute Gasteiger partial charge is 0.508 e. The van der Waals surface area contributed by atoms with E-state index in [1.165, 1.54) is 75.7 Å². The molecule has 112 heavy (non-hydrogen) atoms. The number of aryl methyl sites for hydroxylation is 1. The van der Waals surface area contributed by atoms with Gasteiger partial charge in [0.2, 0.25) is 59.3 Å². The van der Waals surface area contributed by atoms with E-state index in [1.54, 1.807) is 0 Å². The first-order valence-electron chi connectivity index (χ1n) is 36.9. The van der Waals surface area contributed by atoms with Crippen LogP contribution in [0.4, 0.5) is 10.5 Å². The van der Waals surface area contributed by atoms with Crippen molar-refractivity contribution in [1.29, 1.82) is 0 Å². The van der Waals surface area contributed by atoms with Crippen LogP contribution in [0.25, 0.3) is 11.1 Å². The summed E-state index contributed by atoms with van der Waals surface area (Å²) >= 11 is 7.20. The molecule has 6 aliphatic heterocycles. The van der Waals surface area contributed by atoms with Crippen LogP contribution in [0.2, 0.25) is 0 Å². The minimum atomic E-state index is -2.34. The van der Waals surface area contributed by atoms with Crippen molar-refractivity contribution in [2.75, 3.05) is 26.1 Å². The smallest absolute Gasteiger partial charge is 0.325 e. The number of fused-ring (bicyclic) bond motifs is 14. The quantitative estimate of drug-likeness (QED) is 0.0759. The SMILES string of the molecule is CN[C@H](CC(C)C)C(=O)N[C@H]1C(=O)N[C@@H](CC(=O)NC(=O)Nc2ccc(OC)cc2)C(=O)N[C@H]2C(=O)N[C@H]3C(=O)N[C@H](C(=O)N[C@H](C(=O)NC4C5CC6CC(C5)CC4C6)c4cc(O)cc(O)c4-c4cc3ccc4O)[C@H](O)[C@@H]3C=C(Cl)C(=CC3)Oc3cc2cc(c3O[C@@H]2O[C@H](CO)[C@@H](O)[C@H](O)[C@H]2O)Oc2ccc(cc2C)[C@H]1O. The molecule has 5 aliphatic carbocycles. The minimum absolute atomic E-state index is 0.0476. The summed E-state index contributed by atoms with van der Waals surface area (Å²) < 4.78 is 30.9. The topological polar surface area (TPSA) is 502 Å². The summed E-state index contributed by atoms with van der Waals surface area (Å²) in [4.78, 5) is 137. The number of halogens is 1. The second kappa shape index (κ2) is 33.0. The van der Waals surface area contributed by atoms with Gasteiger partial charge in [0.25, 0.3) is 0 Å². The number of amides is 10. The van der Waals surface area contributed by atoms with Crippen molar-refractivity contribution in [1.82, 2.24) is 47.9 Å². The lowest BCUT2D eigenvalue weighted by Gasteiger charge is -2.54. The van der Waals surface area contributed by atoms with Crippen LogP contribution in [0.3, 0.4) is 0 Å². The van der Waals surface area contributed by atoms with E-state index in [-0.39, 0.29) is 92.2 Å². The number of aliphatic hydroxyl groups excluding tert-OH is 6. The number of benzene rings is 5. The first kappa shape index (κ1) is 79.5. The van der Waals surface area contributed by atoms with E-state index in [0.717, 1.165) is 74.6 Å². The molecule has 15 atom stereocenters. The fraction of sp³-hybridized carbons (Fsp3) is 0.449. The van der Waals surface area contributed by atoms with Crippen LogP contribution in [0.5, 0.6) is 46.0 Å². The van der Waals surface area contributed by atoms with E-state index in [2.05, 4.69) is 53.2 Å². The highest BCUT2D eigenvalue weighted by Gasteiger charge is 2.51. The molecule has 0 unspecified atom stereocenters. The highest BCUT2D eigenvalue weighted by atomic mass is 35.5. The summed E-state index contributed by atoms with van der Waals surface area (Å²) in [5.74, 6) is -13.5. The van der Waals surface area contributed by atoms with Gasteiger partial charge in [-0.3, -0.25) is 43.7 Å². The van der Waals surface area contributed by atoms with Gasteiger partial charge in [0.1, 0.15) is 101 Å². The molecule has 596 valence electrons. The Morgan fingerprint density at radius 3 is 2.01 bits per heavy atom. The van der Waals surface area contributed by atoms with E-state index in [1.807, 2.05) is 13.8 Å². The molecule has 10 amide bonds. The average Bonchev–Trinajstić information content (AvgIpc) is 0.761. The number of urea groups is 1. The molecular weight excluding hydrogens is 1480 g/mol. The summed E-state index contributed by atoms with van der Waals surface area (Å²) in [6, 6.07) is 2.13. The highest BCUT2D eigenvalue weighted by molar-refractivity contribution is 6.31. The number of carbonyl (C=O) groups is 9. The highest BCUT2D eigenvalue weighted by Crippen LogP contribution is 2.55. The molecule has 6 heterocycles. The Kier molecular flexibility index (Phi) is 23.4. The number of phenolic OH excluding ortho intramolecular Hbond substituents is 3. The van der Waals surface area contributed by atoms with Gasteiger partial charge in [0.15, 0.2) is 11.5 Å². The number of rotatable bonds is 14. The third-order valence-electron chi connectivity index (χ3n) is 22.1. The monoisotopic (exact) mass is 1570 g/mol. The number of methoxy groups -OCH3 is 1. The van der Waals surface area contributed by atoms with Gasteiger partial charge in [-0.25, -0.2) is 4.79 Å². The van der Waals surface area contributed by atoms with Crippen molar-refractivity contribution in [2.45, 2.75) is 163 Å². The Bertz CT molecular complexity index is 4570. The van der Waals surface area contributed by atoms with Gasteiger partial charge in [0.05, 0.1) is 37.3 Å². The molecule has 33 nitrogen and oxygen atoms in total. The number of phenols is 3. The molecule has 0 aromatic heterocycles. The van der Waals surface area contributed by atoms with E-state index >= 15 is 28.8 Å². The zero-order valence-electron chi connectivity index (χ0n) is 61.3. The molecule has 5 aromatic rings. The zero-order chi connectivity index (χ0) is 80.0. The molecule has 16 rings (SSSR count). The molecular formula is C78H89ClN10O23. The van der Waals surface area contributed by atoms with E-state index < -0.39 is 198 Å². The summed E-state index contributed by atoms with van der Waals surface area (Å²) in [5, 5.41) is 131. The number of carbonyl (C=O) groups excluding carboxylic acids is 9. The van der Waals surface area contributed by atoms with Gasteiger partial charge < -0.3 is 117 Å². The van der Waals surface area contributed by atoms with Crippen LogP contribution in [-0.2, 0) is 43.1 Å². The first-order valence-corrected chi connectivity index (χ1v) is 37.3. The van der Waals surface area contributed by atoms with Crippen molar-refractivity contribution >= 4 is 70.6 Å². The summed E-state index contributed by atoms with van der Waals surface area (Å²) in [6.07, 6.45) is -7.98. The predicted octanol–water partition coefficient (Wildman–Crippen LogP) is 2.54. The number of nitrogens with one attached hydrogen (secondary N) is 10. The van der Waals surface area contributed by atoms with Crippen molar-refractivity contribution < 1.29 is 113 Å². The molecule has 1 saturated heterocycles. The van der Waals surface area contributed by atoms with Gasteiger partial charge in [-0.05, 0) is 189 Å². The lowest BCUT2D eigenvalue weighted by molar-refractivity contribution is -0.277. The van der Waals surface area contributed by atoms with Crippen LogP contribution < -0.4 is 72.1 Å². The molecule has 4 saturated carbocycles. The van der Waals surface area contributed by atoms with E-state index in [0.29, 0.717) is 17.6 Å². The summed E-state index contributed by atoms with van der Waals surface area (Å²) in [5.41, 5.74) is -1.39. The van der Waals surface area contributed by atoms with Gasteiger partial charge in [-0.1, -0.05) is 43.7 Å². The Hall–Kier alpha value is -10.6. The molecule has 34 heteroatoms. The second-order valence-electron chi connectivity index (χ2n) is 30.2. The molecule has 0 radical (unpaired) electrons. The maximum atomic E-state index is 16.4. The van der Waals surface area contributed by atoms with Gasteiger partial charge >= 0.3 is 6.03 Å². The lowest BCUT2D eigenvalue weighted by atomic mass is 9.54. The number of allylic oxidation sites excluding steroid dienone is 2. The standard InChI is InChI=1S/C78H89ClN10O23/c1-31(2)16-47(80-4)70(100)88-62-64(95)36-7-14-51(32(3)17-36)109-53-25-40-26-54(69(53)112-77-68(99)67(98)66(97)55(30-90)111-77)110-52-15-8-37(24-46(52)79)65(96)63-76(106)87-61(74(104)84-58-38-19-33-18-34(21-38)22-39(58)20-33)45-27-42(91)28-50(93)57(45)44-23-35(6-13-49(44)92)59(72(102)89-63)86-73(103)60(40)85-71(101)48(82-75(62)105)29-56(94)83-78(107)81-41-9-11-43(108-5)12-10-41/h6-7,9-15,17,23-28,31,33-34,37-39,47-48,55,58-68,77,80,90-93,95-99H,8,16,18-22,29-30H2,1-5H3,(H,82,105)(H,84,104)(H,85,101)(H,86,103)(H,87,106)(H,88,100)(H,89,102)(H2,81,83,94,107)/t33?,34?,37-,38?,39?,47+,48-,55+,58?,59+,60+,61-,62+,63-,64+,65+,66+,67-,68+,77-/m0/s1. The Morgan fingerprint density at radius 1 is 0.679 bits per heavy atom.